The van der Waals surface area contributed by atoms with Crippen molar-refractivity contribution in [3.05, 3.63) is 53.3 Å². The number of hydrogen-bond acceptors (Lipinski definition) is 2. The van der Waals surface area contributed by atoms with Crippen LogP contribution >= 0.6 is 0 Å². The summed E-state index contributed by atoms with van der Waals surface area (Å²) >= 11 is 0. The summed E-state index contributed by atoms with van der Waals surface area (Å²) in [6.07, 6.45) is 3.34. The van der Waals surface area contributed by atoms with Crippen molar-refractivity contribution in [3.63, 3.8) is 0 Å². The lowest BCUT2D eigenvalue weighted by Crippen LogP contribution is -2.38. The van der Waals surface area contributed by atoms with E-state index >= 15 is 0 Å². The van der Waals surface area contributed by atoms with Crippen molar-refractivity contribution < 1.29 is 0 Å². The van der Waals surface area contributed by atoms with Gasteiger partial charge in [0.05, 0.1) is 11.7 Å². The van der Waals surface area contributed by atoms with Crippen molar-refractivity contribution in [2.24, 2.45) is 5.73 Å². The largest absolute Gasteiger partial charge is 0.326 e. The molecule has 3 nitrogen and oxygen atoms in total. The molecule has 106 valence electrons. The molecule has 1 aliphatic rings. The fourth-order valence-electron chi connectivity index (χ4n) is 3.46. The highest BCUT2D eigenvalue weighted by atomic mass is 15.3. The number of hydrogen-bond donors (Lipinski definition) is 1. The van der Waals surface area contributed by atoms with Crippen molar-refractivity contribution in [2.45, 2.75) is 51.1 Å². The molecule has 20 heavy (non-hydrogen) atoms. The molecule has 3 atom stereocenters. The Bertz CT molecular complexity index is 573. The molecule has 1 heterocycles. The fourth-order valence-corrected chi connectivity index (χ4v) is 3.46. The smallest absolute Gasteiger partial charge is 0.0679 e. The van der Waals surface area contributed by atoms with Crippen LogP contribution in [0.5, 0.6) is 0 Å². The zero-order valence-corrected chi connectivity index (χ0v) is 12.3. The van der Waals surface area contributed by atoms with Gasteiger partial charge in [0, 0.05) is 11.7 Å². The SMILES string of the molecule is Cc1cc(C)n(C2CC(c3ccccc3)CCC2N)n1. The van der Waals surface area contributed by atoms with E-state index in [2.05, 4.69) is 53.1 Å². The maximum absolute atomic E-state index is 6.37. The Morgan fingerprint density at radius 3 is 2.55 bits per heavy atom. The van der Waals surface area contributed by atoms with Crippen LogP contribution < -0.4 is 5.73 Å². The van der Waals surface area contributed by atoms with Gasteiger partial charge in [0.25, 0.3) is 0 Å². The maximum Gasteiger partial charge on any atom is 0.0679 e. The van der Waals surface area contributed by atoms with E-state index in [4.69, 9.17) is 5.73 Å². The Labute approximate surface area is 120 Å². The number of nitrogens with zero attached hydrogens (tertiary/aromatic N) is 2. The van der Waals surface area contributed by atoms with E-state index in [0.29, 0.717) is 12.0 Å². The van der Waals surface area contributed by atoms with E-state index in [1.165, 1.54) is 17.7 Å². The molecule has 3 rings (SSSR count). The number of aryl methyl sites for hydroxylation is 2. The number of nitrogens with two attached hydrogens (primary N) is 1. The zero-order chi connectivity index (χ0) is 14.1. The van der Waals surface area contributed by atoms with Crippen LogP contribution in [-0.4, -0.2) is 15.8 Å². The second kappa shape index (κ2) is 5.41. The molecular formula is C17H23N3. The van der Waals surface area contributed by atoms with E-state index in [1.807, 2.05) is 6.92 Å². The van der Waals surface area contributed by atoms with Gasteiger partial charge in [-0.25, -0.2) is 0 Å². The molecular weight excluding hydrogens is 246 g/mol. The van der Waals surface area contributed by atoms with Gasteiger partial charge in [-0.1, -0.05) is 30.3 Å². The molecule has 1 aromatic heterocycles. The van der Waals surface area contributed by atoms with Crippen molar-refractivity contribution >= 4 is 0 Å². The summed E-state index contributed by atoms with van der Waals surface area (Å²) in [6.45, 7) is 4.17. The first kappa shape index (κ1) is 13.4. The lowest BCUT2D eigenvalue weighted by Gasteiger charge is -2.35. The van der Waals surface area contributed by atoms with E-state index in [9.17, 15) is 0 Å². The minimum Gasteiger partial charge on any atom is -0.326 e. The summed E-state index contributed by atoms with van der Waals surface area (Å²) in [5.41, 5.74) is 10.1. The Hall–Kier alpha value is -1.61. The molecule has 0 aliphatic heterocycles. The Morgan fingerprint density at radius 1 is 1.15 bits per heavy atom. The quantitative estimate of drug-likeness (QED) is 0.908. The summed E-state index contributed by atoms with van der Waals surface area (Å²) in [6, 6.07) is 13.5. The number of aromatic nitrogens is 2. The second-order valence-electron chi connectivity index (χ2n) is 6.02. The minimum atomic E-state index is 0.216. The molecule has 1 saturated carbocycles. The molecule has 2 aromatic rings. The summed E-state index contributed by atoms with van der Waals surface area (Å²) in [7, 11) is 0. The van der Waals surface area contributed by atoms with Crippen molar-refractivity contribution in [1.29, 1.82) is 0 Å². The average molecular weight is 269 g/mol. The van der Waals surface area contributed by atoms with Crippen LogP contribution in [0.25, 0.3) is 0 Å². The molecule has 3 heteroatoms. The van der Waals surface area contributed by atoms with Gasteiger partial charge in [0.1, 0.15) is 0 Å². The highest BCUT2D eigenvalue weighted by molar-refractivity contribution is 5.21. The van der Waals surface area contributed by atoms with Crippen LogP contribution in [0.15, 0.2) is 36.4 Å². The first-order valence-corrected chi connectivity index (χ1v) is 7.48. The molecule has 1 aliphatic carbocycles. The lowest BCUT2D eigenvalue weighted by molar-refractivity contribution is 0.257. The van der Waals surface area contributed by atoms with Gasteiger partial charge >= 0.3 is 0 Å². The molecule has 1 fully saturated rings. The average Bonchev–Trinajstić information content (AvgIpc) is 2.79. The van der Waals surface area contributed by atoms with E-state index in [1.54, 1.807) is 0 Å². The molecule has 3 unspecified atom stereocenters. The van der Waals surface area contributed by atoms with Crippen LogP contribution in [0.3, 0.4) is 0 Å². The molecule has 0 saturated heterocycles. The molecule has 2 N–H and O–H groups in total. The van der Waals surface area contributed by atoms with Gasteiger partial charge in [-0.3, -0.25) is 4.68 Å². The standard InChI is InChI=1S/C17H23N3/c1-12-10-13(2)20(19-12)17-11-15(8-9-16(17)18)14-6-4-3-5-7-14/h3-7,10,15-17H,8-9,11,18H2,1-2H3. The monoisotopic (exact) mass is 269 g/mol. The van der Waals surface area contributed by atoms with Gasteiger partial charge in [0.2, 0.25) is 0 Å². The van der Waals surface area contributed by atoms with Crippen molar-refractivity contribution in [1.82, 2.24) is 9.78 Å². The summed E-state index contributed by atoms with van der Waals surface area (Å²) in [5, 5.41) is 4.65. The summed E-state index contributed by atoms with van der Waals surface area (Å²) < 4.78 is 2.15. The maximum atomic E-state index is 6.37. The van der Waals surface area contributed by atoms with Gasteiger partial charge in [-0.05, 0) is 50.7 Å². The van der Waals surface area contributed by atoms with Gasteiger partial charge in [-0.15, -0.1) is 0 Å². The van der Waals surface area contributed by atoms with Crippen LogP contribution in [0.2, 0.25) is 0 Å². The van der Waals surface area contributed by atoms with Crippen LogP contribution in [0, 0.1) is 13.8 Å². The first-order valence-electron chi connectivity index (χ1n) is 7.48. The third-order valence-electron chi connectivity index (χ3n) is 4.50. The van der Waals surface area contributed by atoms with E-state index in [0.717, 1.165) is 18.5 Å². The van der Waals surface area contributed by atoms with Gasteiger partial charge in [0.15, 0.2) is 0 Å². The van der Waals surface area contributed by atoms with Crippen molar-refractivity contribution in [2.75, 3.05) is 0 Å². The Morgan fingerprint density at radius 2 is 1.90 bits per heavy atom. The lowest BCUT2D eigenvalue weighted by atomic mass is 9.79. The number of benzene rings is 1. The first-order chi connectivity index (χ1) is 9.65. The normalized spacial score (nSPS) is 26.6. The van der Waals surface area contributed by atoms with Crippen LogP contribution in [0.1, 0.15) is 48.2 Å². The third-order valence-corrected chi connectivity index (χ3v) is 4.50. The predicted octanol–water partition coefficient (Wildman–Crippen LogP) is 3.34. The molecule has 0 spiro atoms. The Kier molecular flexibility index (Phi) is 3.62. The highest BCUT2D eigenvalue weighted by Crippen LogP contribution is 2.38. The molecule has 0 radical (unpaired) electrons. The van der Waals surface area contributed by atoms with Crippen LogP contribution in [-0.2, 0) is 0 Å². The predicted molar refractivity (Wildman–Crippen MR) is 81.7 cm³/mol. The highest BCUT2D eigenvalue weighted by Gasteiger charge is 2.31. The van der Waals surface area contributed by atoms with Gasteiger partial charge in [-0.2, -0.15) is 5.10 Å². The van der Waals surface area contributed by atoms with Crippen LogP contribution in [0.4, 0.5) is 0 Å². The van der Waals surface area contributed by atoms with Gasteiger partial charge < -0.3 is 5.73 Å². The van der Waals surface area contributed by atoms with Crippen molar-refractivity contribution in [3.8, 4) is 0 Å². The molecule has 0 bridgehead atoms. The summed E-state index contributed by atoms with van der Waals surface area (Å²) in [4.78, 5) is 0. The minimum absolute atomic E-state index is 0.216. The van der Waals surface area contributed by atoms with E-state index < -0.39 is 0 Å². The Balaban J connectivity index is 1.85. The fraction of sp³-hybridized carbons (Fsp3) is 0.471. The molecule has 0 amide bonds. The second-order valence-corrected chi connectivity index (χ2v) is 6.02. The topological polar surface area (TPSA) is 43.8 Å². The molecule has 1 aromatic carbocycles. The zero-order valence-electron chi connectivity index (χ0n) is 12.3. The number of rotatable bonds is 2. The third kappa shape index (κ3) is 2.50. The van der Waals surface area contributed by atoms with E-state index in [-0.39, 0.29) is 6.04 Å². The summed E-state index contributed by atoms with van der Waals surface area (Å²) in [5.74, 6) is 0.602.